The topological polar surface area (TPSA) is 48.5 Å². The minimum absolute atomic E-state index is 0.00360. The van der Waals surface area contributed by atoms with Gasteiger partial charge in [-0.3, -0.25) is 4.79 Å². The molecule has 2 bridgehead atoms. The molecule has 36 heavy (non-hydrogen) atoms. The van der Waals surface area contributed by atoms with E-state index in [0.717, 1.165) is 23.8 Å². The van der Waals surface area contributed by atoms with Crippen molar-refractivity contribution in [2.75, 3.05) is 31.1 Å². The van der Waals surface area contributed by atoms with E-state index in [2.05, 4.69) is 10.3 Å². The van der Waals surface area contributed by atoms with Gasteiger partial charge < -0.3 is 15.1 Å². The number of aromatic nitrogens is 1. The lowest BCUT2D eigenvalue weighted by Gasteiger charge is -2.62. The van der Waals surface area contributed by atoms with Crippen LogP contribution in [-0.2, 0) is 17.4 Å². The van der Waals surface area contributed by atoms with Crippen LogP contribution in [0.4, 0.5) is 36.4 Å². The van der Waals surface area contributed by atoms with Crippen LogP contribution in [-0.4, -0.2) is 66.4 Å². The largest absolute Gasteiger partial charge is 0.419 e. The van der Waals surface area contributed by atoms with Crippen LogP contribution in [0.25, 0.3) is 10.2 Å². The van der Waals surface area contributed by atoms with Crippen molar-refractivity contribution in [3.05, 3.63) is 22.7 Å². The number of piperidine rings is 2. The number of hydrogen-bond donors (Lipinski definition) is 1. The zero-order valence-electron chi connectivity index (χ0n) is 18.9. The van der Waals surface area contributed by atoms with E-state index >= 15 is 0 Å². The first-order chi connectivity index (χ1) is 16.8. The Morgan fingerprint density at radius 3 is 2.47 bits per heavy atom. The third-order valence-corrected chi connectivity index (χ3v) is 8.97. The number of hydrogen-bond acceptors (Lipinski definition) is 5. The summed E-state index contributed by atoms with van der Waals surface area (Å²) in [7, 11) is 0. The summed E-state index contributed by atoms with van der Waals surface area (Å²) in [6, 6.07) is 0.593. The van der Waals surface area contributed by atoms with Gasteiger partial charge in [-0.1, -0.05) is 0 Å². The summed E-state index contributed by atoms with van der Waals surface area (Å²) in [6.45, 7) is 1.24. The number of anilines is 1. The molecule has 7 rings (SSSR count). The molecule has 2 aromatic heterocycles. The van der Waals surface area contributed by atoms with Gasteiger partial charge in [0.05, 0.1) is 23.7 Å². The Morgan fingerprint density at radius 1 is 1.14 bits per heavy atom. The maximum Gasteiger partial charge on any atom is 0.419 e. The van der Waals surface area contributed by atoms with E-state index in [1.54, 1.807) is 4.90 Å². The maximum absolute atomic E-state index is 14.3. The van der Waals surface area contributed by atoms with Crippen LogP contribution < -0.4 is 10.2 Å². The Morgan fingerprint density at radius 2 is 1.86 bits per heavy atom. The highest BCUT2D eigenvalue weighted by atomic mass is 32.1. The van der Waals surface area contributed by atoms with Gasteiger partial charge in [-0.2, -0.15) is 26.3 Å². The Labute approximate surface area is 205 Å². The average Bonchev–Trinajstić information content (AvgIpc) is 3.11. The van der Waals surface area contributed by atoms with Gasteiger partial charge in [0.2, 0.25) is 5.91 Å². The number of amides is 1. The Bertz CT molecular complexity index is 1200. The van der Waals surface area contributed by atoms with Gasteiger partial charge in [-0.15, -0.1) is 11.3 Å². The number of carbonyl (C=O) groups is 1. The lowest BCUT2D eigenvalue weighted by molar-refractivity contribution is -0.153. The van der Waals surface area contributed by atoms with E-state index in [1.807, 2.05) is 0 Å². The molecular weight excluding hydrogens is 513 g/mol. The second kappa shape index (κ2) is 7.92. The molecule has 5 nitrogen and oxygen atoms in total. The number of fused-ring (bicyclic) bond motifs is 4. The van der Waals surface area contributed by atoms with Gasteiger partial charge >= 0.3 is 12.4 Å². The fraction of sp³-hybridized carbons (Fsp3) is 0.652. The number of alkyl halides is 7. The molecular formula is C23H23F7N4OS. The van der Waals surface area contributed by atoms with Crippen LogP contribution in [0, 0.1) is 11.3 Å². The van der Waals surface area contributed by atoms with E-state index in [0.29, 0.717) is 32.1 Å². The van der Waals surface area contributed by atoms with E-state index in [9.17, 15) is 35.5 Å². The van der Waals surface area contributed by atoms with Crippen molar-refractivity contribution in [3.8, 4) is 0 Å². The molecule has 0 radical (unpaired) electrons. The zero-order valence-corrected chi connectivity index (χ0v) is 19.7. The minimum atomic E-state index is -4.72. The van der Waals surface area contributed by atoms with Crippen molar-refractivity contribution >= 4 is 33.1 Å². The van der Waals surface area contributed by atoms with Gasteiger partial charge in [0.1, 0.15) is 11.0 Å². The number of carbonyl (C=O) groups excluding carboxylic acids is 1. The fourth-order valence-electron chi connectivity index (χ4n) is 6.39. The molecule has 1 N–H and O–H groups in total. The number of thiophene rings is 1. The molecule has 5 fully saturated rings. The normalized spacial score (nSPS) is 29.5. The second-order valence-electron chi connectivity index (χ2n) is 10.6. The van der Waals surface area contributed by atoms with E-state index in [-0.39, 0.29) is 57.2 Å². The van der Waals surface area contributed by atoms with Crippen molar-refractivity contribution in [1.29, 1.82) is 0 Å². The average molecular weight is 537 g/mol. The first-order valence-corrected chi connectivity index (χ1v) is 12.6. The van der Waals surface area contributed by atoms with Crippen molar-refractivity contribution in [1.82, 2.24) is 15.2 Å². The molecule has 1 saturated carbocycles. The van der Waals surface area contributed by atoms with Crippen LogP contribution in [0.3, 0.4) is 0 Å². The van der Waals surface area contributed by atoms with E-state index in [4.69, 9.17) is 0 Å². The molecule has 1 spiro atoms. The van der Waals surface area contributed by atoms with Crippen LogP contribution in [0.15, 0.2) is 12.3 Å². The molecule has 1 amide bonds. The summed E-state index contributed by atoms with van der Waals surface area (Å²) in [4.78, 5) is 20.0. The van der Waals surface area contributed by atoms with Crippen molar-refractivity contribution in [2.24, 2.45) is 11.3 Å². The lowest BCUT2D eigenvalue weighted by atomic mass is 9.70. The lowest BCUT2D eigenvalue weighted by Crippen LogP contribution is -2.75. The molecule has 1 aliphatic carbocycles. The molecule has 5 aliphatic rings. The molecule has 2 aromatic rings. The van der Waals surface area contributed by atoms with Gasteiger partial charge in [0.25, 0.3) is 0 Å². The van der Waals surface area contributed by atoms with Crippen LogP contribution in [0.2, 0.25) is 0 Å². The van der Waals surface area contributed by atoms with Gasteiger partial charge in [0.15, 0.2) is 0 Å². The smallest absolute Gasteiger partial charge is 0.369 e. The second-order valence-corrected chi connectivity index (χ2v) is 11.7. The Kier molecular flexibility index (Phi) is 5.33. The zero-order chi connectivity index (χ0) is 25.6. The fourth-order valence-corrected chi connectivity index (χ4v) is 7.43. The highest BCUT2D eigenvalue weighted by Crippen LogP contribution is 2.49. The number of pyridine rings is 1. The number of rotatable bonds is 3. The van der Waals surface area contributed by atoms with Crippen LogP contribution in [0.1, 0.15) is 29.7 Å². The van der Waals surface area contributed by atoms with Gasteiger partial charge in [0, 0.05) is 60.0 Å². The van der Waals surface area contributed by atoms with Crippen LogP contribution in [0.5, 0.6) is 0 Å². The van der Waals surface area contributed by atoms with Gasteiger partial charge in [-0.05, 0) is 25.3 Å². The number of likely N-dealkylation sites (tertiary alicyclic amines) is 1. The predicted octanol–water partition coefficient (Wildman–Crippen LogP) is 4.55. The highest BCUT2D eigenvalue weighted by Gasteiger charge is 2.57. The van der Waals surface area contributed by atoms with E-state index in [1.165, 1.54) is 4.90 Å². The van der Waals surface area contributed by atoms with Crippen molar-refractivity contribution < 1.29 is 35.5 Å². The molecule has 13 heteroatoms. The molecule has 0 aromatic carbocycles. The molecule has 4 saturated heterocycles. The Hall–Kier alpha value is -2.15. The summed E-state index contributed by atoms with van der Waals surface area (Å²) >= 11 is 0.740. The number of halogens is 7. The first kappa shape index (κ1) is 24.2. The summed E-state index contributed by atoms with van der Waals surface area (Å²) in [5, 5.41) is 3.30. The molecule has 4 atom stereocenters. The molecule has 6 heterocycles. The van der Waals surface area contributed by atoms with Crippen LogP contribution >= 0.6 is 11.3 Å². The summed E-state index contributed by atoms with van der Waals surface area (Å²) in [6.07, 6.45) is -8.82. The predicted molar refractivity (Wildman–Crippen MR) is 119 cm³/mol. The quantitative estimate of drug-likeness (QED) is 0.586. The standard InChI is InChI=1S/C23H23F7N4OS/c24-16-3-11-1-2-13(16)17(32-11)20(35)34-9-21(10-34)7-33(8-21)18-14-4-12(5-22(25,26)27)36-19(14)31-6-15(18)23(28,29)30/h4,6,11,13,16-17,32H,1-3,5,7-10H2/t11-,13+,16-,17-/m0/s1. The number of nitrogens with zero attached hydrogens (tertiary/aromatic N) is 3. The van der Waals surface area contributed by atoms with Crippen molar-refractivity contribution in [2.45, 2.75) is 56.3 Å². The SMILES string of the molecule is O=C([C@H]1N[C@H]2CC[C@@H]1[C@@H](F)C2)N1CC2(C1)CN(c1c(C(F)(F)F)cnc3sc(CC(F)(F)F)cc13)C2. The van der Waals surface area contributed by atoms with E-state index < -0.39 is 36.6 Å². The van der Waals surface area contributed by atoms with Crippen molar-refractivity contribution in [3.63, 3.8) is 0 Å². The molecule has 0 unspecified atom stereocenters. The number of nitrogens with one attached hydrogen (secondary N) is 1. The van der Waals surface area contributed by atoms with Gasteiger partial charge in [-0.25, -0.2) is 9.37 Å². The summed E-state index contributed by atoms with van der Waals surface area (Å²) in [5.41, 5.74) is -1.51. The monoisotopic (exact) mass is 536 g/mol. The molecule has 196 valence electrons. The maximum atomic E-state index is 14.3. The third kappa shape index (κ3) is 4.02. The summed E-state index contributed by atoms with van der Waals surface area (Å²) < 4.78 is 94.4. The Balaban J connectivity index is 1.19. The summed E-state index contributed by atoms with van der Waals surface area (Å²) in [5.74, 6) is -0.506. The first-order valence-electron chi connectivity index (χ1n) is 11.8. The minimum Gasteiger partial charge on any atom is -0.369 e. The highest BCUT2D eigenvalue weighted by molar-refractivity contribution is 7.18. The molecule has 4 aliphatic heterocycles. The third-order valence-electron chi connectivity index (χ3n) is 7.93.